The average molecular weight is 395 g/mol. The predicted octanol–water partition coefficient (Wildman–Crippen LogP) is 3.66. The predicted molar refractivity (Wildman–Crippen MR) is 114 cm³/mol. The number of nitrogens with one attached hydrogen (secondary N) is 1. The molecule has 1 N–H and O–H groups in total. The summed E-state index contributed by atoms with van der Waals surface area (Å²) in [5.74, 6) is 0.862. The summed E-state index contributed by atoms with van der Waals surface area (Å²) in [7, 11) is 1.65. The summed E-state index contributed by atoms with van der Waals surface area (Å²) >= 11 is 0. The quantitative estimate of drug-likeness (QED) is 0.842. The number of ether oxygens (including phenoxy) is 1. The lowest BCUT2D eigenvalue weighted by Gasteiger charge is -2.40. The van der Waals surface area contributed by atoms with Crippen molar-refractivity contribution in [3.05, 3.63) is 64.7 Å². The number of aryl methyl sites for hydroxylation is 2. The zero-order valence-corrected chi connectivity index (χ0v) is 17.7. The van der Waals surface area contributed by atoms with Crippen LogP contribution in [-0.4, -0.2) is 42.5 Å². The molecule has 3 rings (SSSR count). The number of nitrogens with zero attached hydrogens (tertiary/aromatic N) is 1. The zero-order valence-electron chi connectivity index (χ0n) is 17.7. The first kappa shape index (κ1) is 20.9. The summed E-state index contributed by atoms with van der Waals surface area (Å²) in [5.41, 5.74) is 4.07. The van der Waals surface area contributed by atoms with Gasteiger partial charge in [0.05, 0.1) is 7.11 Å². The molecule has 1 fully saturated rings. The van der Waals surface area contributed by atoms with Crippen LogP contribution in [0.25, 0.3) is 0 Å². The third-order valence-corrected chi connectivity index (χ3v) is 5.48. The van der Waals surface area contributed by atoms with Gasteiger partial charge < -0.3 is 15.0 Å². The van der Waals surface area contributed by atoms with Crippen molar-refractivity contribution < 1.29 is 14.3 Å². The van der Waals surface area contributed by atoms with E-state index in [1.54, 1.807) is 14.0 Å². The minimum Gasteiger partial charge on any atom is -0.497 e. The second kappa shape index (κ2) is 9.12. The van der Waals surface area contributed by atoms with Gasteiger partial charge in [-0.05, 0) is 62.9 Å². The molecule has 1 saturated heterocycles. The lowest BCUT2D eigenvalue weighted by Crippen LogP contribution is -2.52. The lowest BCUT2D eigenvalue weighted by molar-refractivity contribution is -0.120. The minimum absolute atomic E-state index is 0.0210. The van der Waals surface area contributed by atoms with Crippen LogP contribution in [0.2, 0.25) is 0 Å². The van der Waals surface area contributed by atoms with Gasteiger partial charge in [-0.3, -0.25) is 9.59 Å². The molecule has 2 aromatic rings. The molecule has 0 saturated carbocycles. The van der Waals surface area contributed by atoms with E-state index in [1.165, 1.54) is 0 Å². The van der Waals surface area contributed by atoms with E-state index >= 15 is 0 Å². The fourth-order valence-corrected chi connectivity index (χ4v) is 4.23. The molecule has 5 heteroatoms. The van der Waals surface area contributed by atoms with Gasteiger partial charge in [-0.1, -0.05) is 29.3 Å². The van der Waals surface area contributed by atoms with Crippen LogP contribution in [0, 0.1) is 13.8 Å². The molecule has 2 atom stereocenters. The van der Waals surface area contributed by atoms with Crippen molar-refractivity contribution in [2.75, 3.05) is 13.7 Å². The fourth-order valence-electron chi connectivity index (χ4n) is 4.23. The van der Waals surface area contributed by atoms with Gasteiger partial charge in [0.25, 0.3) is 5.91 Å². The molecule has 2 unspecified atom stereocenters. The molecule has 5 nitrogen and oxygen atoms in total. The second-order valence-electron chi connectivity index (χ2n) is 8.00. The van der Waals surface area contributed by atoms with Crippen LogP contribution in [0.1, 0.15) is 46.8 Å². The Morgan fingerprint density at radius 3 is 2.34 bits per heavy atom. The van der Waals surface area contributed by atoms with E-state index in [9.17, 15) is 9.59 Å². The Morgan fingerprint density at radius 1 is 1.10 bits per heavy atom. The van der Waals surface area contributed by atoms with Crippen molar-refractivity contribution >= 4 is 11.8 Å². The molecule has 0 aromatic heterocycles. The normalized spacial score (nSPS) is 19.0. The van der Waals surface area contributed by atoms with E-state index in [2.05, 4.69) is 11.4 Å². The number of piperidine rings is 1. The van der Waals surface area contributed by atoms with Gasteiger partial charge in [-0.25, -0.2) is 0 Å². The van der Waals surface area contributed by atoms with Gasteiger partial charge in [0.1, 0.15) is 5.75 Å². The van der Waals surface area contributed by atoms with Gasteiger partial charge >= 0.3 is 0 Å². The topological polar surface area (TPSA) is 58.6 Å². The van der Waals surface area contributed by atoms with Gasteiger partial charge in [0.15, 0.2) is 0 Å². The van der Waals surface area contributed by atoms with Crippen molar-refractivity contribution in [3.63, 3.8) is 0 Å². The van der Waals surface area contributed by atoms with Crippen LogP contribution in [0.3, 0.4) is 0 Å². The van der Waals surface area contributed by atoms with E-state index in [1.807, 2.05) is 55.1 Å². The molecule has 0 radical (unpaired) electrons. The van der Waals surface area contributed by atoms with Crippen LogP contribution in [-0.2, 0) is 11.2 Å². The summed E-state index contributed by atoms with van der Waals surface area (Å²) in [6.07, 6.45) is 2.27. The number of hydrogen-bond donors (Lipinski definition) is 1. The van der Waals surface area contributed by atoms with E-state index < -0.39 is 0 Å². The highest BCUT2D eigenvalue weighted by atomic mass is 16.5. The van der Waals surface area contributed by atoms with E-state index in [0.717, 1.165) is 47.3 Å². The van der Waals surface area contributed by atoms with Crippen molar-refractivity contribution in [3.8, 4) is 5.75 Å². The Balaban J connectivity index is 1.83. The molecule has 29 heavy (non-hydrogen) atoms. The van der Waals surface area contributed by atoms with E-state index in [4.69, 9.17) is 4.74 Å². The summed E-state index contributed by atoms with van der Waals surface area (Å²) in [6.45, 7) is 6.21. The Labute approximate surface area is 173 Å². The van der Waals surface area contributed by atoms with Crippen LogP contribution < -0.4 is 10.1 Å². The molecule has 1 aliphatic heterocycles. The number of likely N-dealkylation sites (tertiary alicyclic amines) is 1. The highest BCUT2D eigenvalue weighted by molar-refractivity contribution is 5.95. The summed E-state index contributed by atoms with van der Waals surface area (Å²) in [4.78, 5) is 26.9. The number of amides is 2. The van der Waals surface area contributed by atoms with Crippen LogP contribution in [0.15, 0.2) is 42.5 Å². The highest BCUT2D eigenvalue weighted by Gasteiger charge is 2.32. The number of carbonyl (C=O) groups is 2. The van der Waals surface area contributed by atoms with E-state index in [-0.39, 0.29) is 23.9 Å². The maximum atomic E-state index is 13.4. The minimum atomic E-state index is -0.0210. The van der Waals surface area contributed by atoms with Crippen LogP contribution in [0.5, 0.6) is 5.75 Å². The zero-order chi connectivity index (χ0) is 21.0. The van der Waals surface area contributed by atoms with Gasteiger partial charge in [-0.15, -0.1) is 0 Å². The second-order valence-corrected chi connectivity index (χ2v) is 8.00. The SMILES string of the molecule is COc1ccc(CC2CC(NC(C)=O)CCN2C(=O)c2cc(C)cc(C)c2)cc1. The molecule has 2 aromatic carbocycles. The molecule has 0 spiro atoms. The third-order valence-electron chi connectivity index (χ3n) is 5.48. The van der Waals surface area contributed by atoms with Crippen LogP contribution >= 0.6 is 0 Å². The molecular weight excluding hydrogens is 364 g/mol. The summed E-state index contributed by atoms with van der Waals surface area (Å²) in [5, 5.41) is 3.04. The largest absolute Gasteiger partial charge is 0.497 e. The monoisotopic (exact) mass is 394 g/mol. The first-order valence-corrected chi connectivity index (χ1v) is 10.1. The van der Waals surface area contributed by atoms with Crippen LogP contribution in [0.4, 0.5) is 0 Å². The van der Waals surface area contributed by atoms with Gasteiger partial charge in [0, 0.05) is 31.1 Å². The van der Waals surface area contributed by atoms with Crippen molar-refractivity contribution in [1.82, 2.24) is 10.2 Å². The molecule has 154 valence electrons. The Kier molecular flexibility index (Phi) is 6.57. The first-order chi connectivity index (χ1) is 13.9. The van der Waals surface area contributed by atoms with Gasteiger partial charge in [0.2, 0.25) is 5.91 Å². The smallest absolute Gasteiger partial charge is 0.254 e. The van der Waals surface area contributed by atoms with Gasteiger partial charge in [-0.2, -0.15) is 0 Å². The molecule has 0 aliphatic carbocycles. The summed E-state index contributed by atoms with van der Waals surface area (Å²) < 4.78 is 5.25. The Morgan fingerprint density at radius 2 is 1.76 bits per heavy atom. The molecule has 1 heterocycles. The standard InChI is InChI=1S/C24H30N2O3/c1-16-11-17(2)13-20(12-16)24(28)26-10-9-21(25-18(3)27)15-22(26)14-19-5-7-23(29-4)8-6-19/h5-8,11-13,21-22H,9-10,14-15H2,1-4H3,(H,25,27). The van der Waals surface area contributed by atoms with Crippen molar-refractivity contribution in [1.29, 1.82) is 0 Å². The number of carbonyl (C=O) groups excluding carboxylic acids is 2. The molecule has 0 bridgehead atoms. The number of hydrogen-bond acceptors (Lipinski definition) is 3. The molecule has 2 amide bonds. The Bertz CT molecular complexity index is 856. The number of methoxy groups -OCH3 is 1. The third kappa shape index (κ3) is 5.37. The van der Waals surface area contributed by atoms with Crippen molar-refractivity contribution in [2.45, 2.75) is 52.1 Å². The Hall–Kier alpha value is -2.82. The number of benzene rings is 2. The lowest BCUT2D eigenvalue weighted by atomic mass is 9.91. The molecular formula is C24H30N2O3. The van der Waals surface area contributed by atoms with E-state index in [0.29, 0.717) is 6.54 Å². The maximum Gasteiger partial charge on any atom is 0.254 e. The van der Waals surface area contributed by atoms with Crippen molar-refractivity contribution in [2.24, 2.45) is 0 Å². The highest BCUT2D eigenvalue weighted by Crippen LogP contribution is 2.25. The first-order valence-electron chi connectivity index (χ1n) is 10.1. The summed E-state index contributed by atoms with van der Waals surface area (Å²) in [6, 6.07) is 14.1. The molecule has 1 aliphatic rings. The number of rotatable bonds is 5. The fraction of sp³-hybridized carbons (Fsp3) is 0.417. The average Bonchev–Trinajstić information content (AvgIpc) is 2.67. The maximum absolute atomic E-state index is 13.4.